The van der Waals surface area contributed by atoms with Crippen LogP contribution in [0.4, 0.5) is 19.0 Å². The lowest BCUT2D eigenvalue weighted by Gasteiger charge is -2.36. The van der Waals surface area contributed by atoms with E-state index in [1.165, 1.54) is 19.0 Å². The van der Waals surface area contributed by atoms with Gasteiger partial charge < -0.3 is 15.4 Å². The van der Waals surface area contributed by atoms with Crippen molar-refractivity contribution in [2.45, 2.75) is 69.8 Å². The third-order valence-corrected chi connectivity index (χ3v) is 7.86. The van der Waals surface area contributed by atoms with E-state index in [4.69, 9.17) is 15.6 Å². The van der Waals surface area contributed by atoms with E-state index in [-0.39, 0.29) is 6.04 Å². The summed E-state index contributed by atoms with van der Waals surface area (Å²) in [5.41, 5.74) is 6.58. The maximum Gasteiger partial charge on any atom is 0.419 e. The molecule has 0 amide bonds. The molecule has 33 heavy (non-hydrogen) atoms. The molecule has 3 fully saturated rings. The van der Waals surface area contributed by atoms with Crippen LogP contribution in [0, 0.1) is 11.8 Å². The predicted octanol–water partition coefficient (Wildman–Crippen LogP) is 4.73. The number of aromatic nitrogens is 3. The van der Waals surface area contributed by atoms with Crippen molar-refractivity contribution >= 4 is 5.82 Å². The Morgan fingerprint density at radius 3 is 2.36 bits per heavy atom. The molecule has 6 nitrogen and oxygen atoms in total. The number of methoxy groups -OCH3 is 1. The van der Waals surface area contributed by atoms with Crippen LogP contribution in [-0.2, 0) is 10.9 Å². The third-order valence-electron chi connectivity index (χ3n) is 7.86. The van der Waals surface area contributed by atoms with Gasteiger partial charge in [0.2, 0.25) is 0 Å². The lowest BCUT2D eigenvalue weighted by molar-refractivity contribution is -0.137. The molecule has 2 N–H and O–H groups in total. The van der Waals surface area contributed by atoms with Crippen LogP contribution in [0.5, 0.6) is 0 Å². The molecule has 3 aliphatic rings. The number of halogens is 3. The molecule has 2 aromatic rings. The van der Waals surface area contributed by atoms with Gasteiger partial charge in [-0.3, -0.25) is 4.68 Å². The summed E-state index contributed by atoms with van der Waals surface area (Å²) in [6.07, 6.45) is 1.81. The highest BCUT2D eigenvalue weighted by Crippen LogP contribution is 2.64. The van der Waals surface area contributed by atoms with Crippen molar-refractivity contribution in [1.29, 1.82) is 0 Å². The summed E-state index contributed by atoms with van der Waals surface area (Å²) in [5, 5.41) is 4.69. The first-order valence-electron chi connectivity index (χ1n) is 11.9. The minimum Gasteiger partial charge on any atom is -0.383 e. The van der Waals surface area contributed by atoms with Gasteiger partial charge in [0, 0.05) is 55.7 Å². The van der Waals surface area contributed by atoms with E-state index in [0.717, 1.165) is 37.7 Å². The van der Waals surface area contributed by atoms with Crippen LogP contribution in [0.25, 0.3) is 11.3 Å². The number of pyridine rings is 1. The van der Waals surface area contributed by atoms with Crippen LogP contribution < -0.4 is 5.73 Å². The lowest BCUT2D eigenvalue weighted by Crippen LogP contribution is -2.42. The zero-order valence-electron chi connectivity index (χ0n) is 19.3. The van der Waals surface area contributed by atoms with Gasteiger partial charge in [-0.1, -0.05) is 0 Å². The normalized spacial score (nSPS) is 28.5. The van der Waals surface area contributed by atoms with E-state index in [2.05, 4.69) is 23.7 Å². The molecule has 2 aromatic heterocycles. The molecular formula is C24H32F3N5O. The summed E-state index contributed by atoms with van der Waals surface area (Å²) >= 11 is 0. The molecule has 3 heterocycles. The number of hydrogen-bond donors (Lipinski definition) is 1. The molecule has 9 heteroatoms. The fraction of sp³-hybridized carbons (Fsp3) is 0.667. The SMILES string of the molecule is COC1CCN(C2CC3C(C2)C3c2cc(-c3cnc(N)c(C(F)(F)F)c3)nn2C(C)C)CC1. The third kappa shape index (κ3) is 4.14. The minimum absolute atomic E-state index is 0.128. The highest BCUT2D eigenvalue weighted by molar-refractivity contribution is 5.63. The molecule has 0 aromatic carbocycles. The van der Waals surface area contributed by atoms with Gasteiger partial charge in [0.25, 0.3) is 0 Å². The second-order valence-corrected chi connectivity index (χ2v) is 10.1. The molecule has 2 unspecified atom stereocenters. The number of alkyl halides is 3. The molecule has 0 spiro atoms. The van der Waals surface area contributed by atoms with Crippen molar-refractivity contribution in [2.75, 3.05) is 25.9 Å². The van der Waals surface area contributed by atoms with Crippen LogP contribution in [0.2, 0.25) is 0 Å². The van der Waals surface area contributed by atoms with E-state index < -0.39 is 17.6 Å². The van der Waals surface area contributed by atoms with Crippen LogP contribution in [0.3, 0.4) is 0 Å². The number of nitrogens with two attached hydrogens (primary N) is 1. The summed E-state index contributed by atoms with van der Waals surface area (Å²) < 4.78 is 47.5. The van der Waals surface area contributed by atoms with Gasteiger partial charge in [0.05, 0.1) is 17.4 Å². The number of piperidine rings is 1. The fourth-order valence-corrected chi connectivity index (χ4v) is 6.08. The summed E-state index contributed by atoms with van der Waals surface area (Å²) in [5.74, 6) is 1.19. The Balaban J connectivity index is 1.33. The van der Waals surface area contributed by atoms with Gasteiger partial charge in [-0.15, -0.1) is 0 Å². The summed E-state index contributed by atoms with van der Waals surface area (Å²) in [6.45, 7) is 6.33. The standard InChI is InChI=1S/C24H32F3N5O/c1-13(2)32-21(11-20(30-32)14-8-19(24(25,26)27)23(28)29-12-14)22-17-9-15(10-18(17)22)31-6-4-16(33-3)5-7-31/h8,11-13,15-18,22H,4-7,9-10H2,1-3H3,(H2,28,29). The van der Waals surface area contributed by atoms with Crippen LogP contribution in [-0.4, -0.2) is 52.0 Å². The highest BCUT2D eigenvalue weighted by Gasteiger charge is 2.58. The molecule has 180 valence electrons. The van der Waals surface area contributed by atoms with Crippen molar-refractivity contribution in [3.63, 3.8) is 0 Å². The number of hydrogen-bond acceptors (Lipinski definition) is 5. The first-order chi connectivity index (χ1) is 15.7. The Bertz CT molecular complexity index is 1000. The monoisotopic (exact) mass is 463 g/mol. The van der Waals surface area contributed by atoms with E-state index >= 15 is 0 Å². The number of rotatable bonds is 5. The second-order valence-electron chi connectivity index (χ2n) is 10.1. The van der Waals surface area contributed by atoms with Gasteiger partial charge in [-0.25, -0.2) is 4.98 Å². The largest absolute Gasteiger partial charge is 0.419 e. The average Bonchev–Trinajstić information content (AvgIpc) is 3.13. The van der Waals surface area contributed by atoms with Gasteiger partial charge >= 0.3 is 6.18 Å². The molecule has 2 aliphatic carbocycles. The smallest absolute Gasteiger partial charge is 0.383 e. The topological polar surface area (TPSA) is 69.2 Å². The molecule has 2 atom stereocenters. The molecule has 0 bridgehead atoms. The number of fused-ring (bicyclic) bond motifs is 1. The average molecular weight is 464 g/mol. The van der Waals surface area contributed by atoms with Crippen LogP contribution in [0.15, 0.2) is 18.3 Å². The maximum absolute atomic E-state index is 13.3. The van der Waals surface area contributed by atoms with E-state index in [1.54, 1.807) is 7.11 Å². The molecule has 1 aliphatic heterocycles. The number of likely N-dealkylation sites (tertiary alicyclic amines) is 1. The number of nitrogens with zero attached hydrogens (tertiary/aromatic N) is 4. The van der Waals surface area contributed by atoms with Gasteiger partial charge in [-0.2, -0.15) is 18.3 Å². The quantitative estimate of drug-likeness (QED) is 0.694. The van der Waals surface area contributed by atoms with Crippen molar-refractivity contribution in [2.24, 2.45) is 11.8 Å². The highest BCUT2D eigenvalue weighted by atomic mass is 19.4. The molecular weight excluding hydrogens is 431 g/mol. The number of nitrogen functional groups attached to an aromatic ring is 1. The second kappa shape index (κ2) is 8.27. The maximum atomic E-state index is 13.3. The Morgan fingerprint density at radius 1 is 1.12 bits per heavy atom. The van der Waals surface area contributed by atoms with Gasteiger partial charge in [0.15, 0.2) is 0 Å². The number of ether oxygens (including phenoxy) is 1. The first-order valence-corrected chi connectivity index (χ1v) is 11.9. The van der Waals surface area contributed by atoms with E-state index in [1.807, 2.05) is 10.7 Å². The first kappa shape index (κ1) is 22.7. The Morgan fingerprint density at radius 2 is 1.79 bits per heavy atom. The Hall–Kier alpha value is -2.13. The van der Waals surface area contributed by atoms with Crippen LogP contribution >= 0.6 is 0 Å². The Kier molecular flexibility index (Phi) is 5.68. The molecule has 0 radical (unpaired) electrons. The van der Waals surface area contributed by atoms with Gasteiger partial charge in [0.1, 0.15) is 5.82 Å². The van der Waals surface area contributed by atoms with Crippen molar-refractivity contribution in [1.82, 2.24) is 19.7 Å². The number of anilines is 1. The predicted molar refractivity (Wildman–Crippen MR) is 120 cm³/mol. The summed E-state index contributed by atoms with van der Waals surface area (Å²) in [4.78, 5) is 6.42. The van der Waals surface area contributed by atoms with Crippen molar-refractivity contribution in [3.05, 3.63) is 29.6 Å². The zero-order chi connectivity index (χ0) is 23.5. The molecule has 5 rings (SSSR count). The van der Waals surface area contributed by atoms with Gasteiger partial charge in [-0.05, 0) is 63.5 Å². The fourth-order valence-electron chi connectivity index (χ4n) is 6.08. The van der Waals surface area contributed by atoms with E-state index in [9.17, 15) is 13.2 Å². The molecule has 2 saturated carbocycles. The van der Waals surface area contributed by atoms with Crippen LogP contribution in [0.1, 0.15) is 62.7 Å². The molecule has 1 saturated heterocycles. The summed E-state index contributed by atoms with van der Waals surface area (Å²) in [7, 11) is 1.80. The van der Waals surface area contributed by atoms with E-state index in [0.29, 0.717) is 41.2 Å². The zero-order valence-corrected chi connectivity index (χ0v) is 19.3. The summed E-state index contributed by atoms with van der Waals surface area (Å²) in [6, 6.07) is 3.80. The Labute approximate surface area is 192 Å². The lowest BCUT2D eigenvalue weighted by atomic mass is 9.99. The minimum atomic E-state index is -4.54. The van der Waals surface area contributed by atoms with Crippen molar-refractivity contribution in [3.8, 4) is 11.3 Å². The van der Waals surface area contributed by atoms with Crippen molar-refractivity contribution < 1.29 is 17.9 Å².